The van der Waals surface area contributed by atoms with Gasteiger partial charge in [-0.15, -0.1) is 11.3 Å². The minimum Gasteiger partial charge on any atom is -0.497 e. The van der Waals surface area contributed by atoms with Gasteiger partial charge in [-0.2, -0.15) is 10.2 Å². The third kappa shape index (κ3) is 5.46. The van der Waals surface area contributed by atoms with Crippen molar-refractivity contribution in [3.63, 3.8) is 0 Å². The Kier molecular flexibility index (Phi) is 7.40. The van der Waals surface area contributed by atoms with Crippen molar-refractivity contribution in [2.75, 3.05) is 12.9 Å². The summed E-state index contributed by atoms with van der Waals surface area (Å²) >= 11 is 2.64. The molecule has 12 nitrogen and oxygen atoms in total. The zero-order valence-electron chi connectivity index (χ0n) is 22.0. The summed E-state index contributed by atoms with van der Waals surface area (Å²) in [5, 5.41) is 18.1. The molecule has 0 unspecified atom stereocenters. The molecule has 1 atom stereocenters. The lowest BCUT2D eigenvalue weighted by molar-refractivity contribution is -0.130. The highest BCUT2D eigenvalue weighted by Gasteiger charge is 2.33. The van der Waals surface area contributed by atoms with Gasteiger partial charge in [0.05, 0.1) is 46.3 Å². The zero-order valence-corrected chi connectivity index (χ0v) is 24.4. The number of thiophene rings is 1. The van der Waals surface area contributed by atoms with Crippen LogP contribution in [0.2, 0.25) is 0 Å². The molecule has 3 N–H and O–H groups in total. The van der Waals surface area contributed by atoms with E-state index in [1.165, 1.54) is 40.2 Å². The molecular formula is C27H23N7O5S3. The van der Waals surface area contributed by atoms with Gasteiger partial charge in [-0.1, -0.05) is 30.0 Å². The number of carbonyl (C=O) groups is 1. The fourth-order valence-electron chi connectivity index (χ4n) is 4.55. The van der Waals surface area contributed by atoms with E-state index in [9.17, 15) is 18.0 Å². The first-order chi connectivity index (χ1) is 20.2. The largest absolute Gasteiger partial charge is 0.497 e. The van der Waals surface area contributed by atoms with E-state index in [0.717, 1.165) is 33.7 Å². The van der Waals surface area contributed by atoms with Crippen molar-refractivity contribution in [3.8, 4) is 11.4 Å². The maximum absolute atomic E-state index is 13.5. The number of ether oxygens (including phenoxy) is 1. The molecule has 214 valence electrons. The van der Waals surface area contributed by atoms with Gasteiger partial charge >= 0.3 is 0 Å². The number of hydrogen-bond acceptors (Lipinski definition) is 10. The van der Waals surface area contributed by atoms with E-state index in [4.69, 9.17) is 9.88 Å². The summed E-state index contributed by atoms with van der Waals surface area (Å²) in [5.41, 5.74) is 2.08. The van der Waals surface area contributed by atoms with Crippen LogP contribution in [0.3, 0.4) is 0 Å². The number of benzene rings is 2. The minimum atomic E-state index is -3.86. The second-order valence-corrected chi connectivity index (χ2v) is 12.7. The highest BCUT2D eigenvalue weighted by Crippen LogP contribution is 2.35. The normalized spacial score (nSPS) is 15.2. The van der Waals surface area contributed by atoms with Crippen LogP contribution in [-0.4, -0.2) is 57.7 Å². The molecule has 0 fully saturated rings. The number of nitrogens with zero attached hydrogens (tertiary/aromatic N) is 5. The number of rotatable bonds is 8. The van der Waals surface area contributed by atoms with Crippen LogP contribution in [0, 0.1) is 0 Å². The maximum atomic E-state index is 13.5. The van der Waals surface area contributed by atoms with Gasteiger partial charge in [0.1, 0.15) is 11.1 Å². The summed E-state index contributed by atoms with van der Waals surface area (Å²) in [6.07, 6.45) is 1.94. The predicted molar refractivity (Wildman–Crippen MR) is 160 cm³/mol. The molecule has 5 aromatic rings. The van der Waals surface area contributed by atoms with Gasteiger partial charge in [0.2, 0.25) is 10.0 Å². The van der Waals surface area contributed by atoms with Gasteiger partial charge in [-0.25, -0.2) is 28.2 Å². The van der Waals surface area contributed by atoms with Gasteiger partial charge in [0.25, 0.3) is 11.5 Å². The van der Waals surface area contributed by atoms with Crippen molar-refractivity contribution in [2.45, 2.75) is 22.5 Å². The standard InChI is InChI=1S/C27H23N7O5S3/c1-39-18-8-4-16(5-9-18)22-13-21(23-3-2-12-40-23)32-34(22)24(35)15-41-27-30-25-20(26(36)31-27)14-29-33(25)17-6-10-19(11-7-17)42(28,37)38/h2-12,14,22H,13,15H2,1H3,(H2,28,37,38)(H,30,31,36)/t22-/m0/s1. The van der Waals surface area contributed by atoms with Gasteiger partial charge in [-0.05, 0) is 53.4 Å². The smallest absolute Gasteiger partial charge is 0.262 e. The van der Waals surface area contributed by atoms with Gasteiger partial charge in [0, 0.05) is 6.42 Å². The molecule has 42 heavy (non-hydrogen) atoms. The van der Waals surface area contributed by atoms with Crippen molar-refractivity contribution in [1.29, 1.82) is 0 Å². The van der Waals surface area contributed by atoms with Crippen molar-refractivity contribution in [1.82, 2.24) is 24.8 Å². The molecule has 0 spiro atoms. The van der Waals surface area contributed by atoms with E-state index in [0.29, 0.717) is 12.1 Å². The maximum Gasteiger partial charge on any atom is 0.262 e. The van der Waals surface area contributed by atoms with E-state index in [2.05, 4.69) is 20.2 Å². The number of nitrogens with one attached hydrogen (secondary N) is 1. The Labute approximate surface area is 247 Å². The number of aromatic amines is 1. The Morgan fingerprint density at radius 1 is 1.17 bits per heavy atom. The minimum absolute atomic E-state index is 0.0283. The quantitative estimate of drug-likeness (QED) is 0.197. The summed E-state index contributed by atoms with van der Waals surface area (Å²) < 4.78 is 29.9. The number of methoxy groups -OCH3 is 1. The molecule has 0 bridgehead atoms. The van der Waals surface area contributed by atoms with Gasteiger partial charge < -0.3 is 9.72 Å². The second kappa shape index (κ2) is 11.2. The van der Waals surface area contributed by atoms with E-state index in [1.54, 1.807) is 18.4 Å². The zero-order chi connectivity index (χ0) is 29.4. The van der Waals surface area contributed by atoms with Gasteiger partial charge in [0.15, 0.2) is 10.8 Å². The number of sulfonamides is 1. The lowest BCUT2D eigenvalue weighted by Gasteiger charge is -2.22. The van der Waals surface area contributed by atoms with Crippen LogP contribution in [0.15, 0.2) is 92.2 Å². The van der Waals surface area contributed by atoms with Gasteiger partial charge in [-0.3, -0.25) is 9.59 Å². The Balaban J connectivity index is 1.26. The SMILES string of the molecule is COc1ccc([C@@H]2CC(c3cccs3)=NN2C(=O)CSc2nc3c(cnn3-c3ccc(S(N)(=O)=O)cc3)c(=O)[nH]2)cc1. The lowest BCUT2D eigenvalue weighted by Crippen LogP contribution is -2.28. The summed E-state index contributed by atoms with van der Waals surface area (Å²) in [6, 6.07) is 16.9. The molecule has 3 aromatic heterocycles. The Morgan fingerprint density at radius 2 is 1.93 bits per heavy atom. The number of nitrogens with two attached hydrogens (primary N) is 1. The van der Waals surface area contributed by atoms with E-state index in [1.807, 2.05) is 41.8 Å². The monoisotopic (exact) mass is 621 g/mol. The summed E-state index contributed by atoms with van der Waals surface area (Å²) in [6.45, 7) is 0. The molecule has 1 aliphatic heterocycles. The number of fused-ring (bicyclic) bond motifs is 1. The van der Waals surface area contributed by atoms with Crippen LogP contribution in [0.1, 0.15) is 22.9 Å². The van der Waals surface area contributed by atoms with Crippen LogP contribution >= 0.6 is 23.1 Å². The number of primary sulfonamides is 1. The van der Waals surface area contributed by atoms with E-state index < -0.39 is 15.6 Å². The molecule has 2 aromatic carbocycles. The summed E-state index contributed by atoms with van der Waals surface area (Å²) in [5.74, 6) is 0.441. The van der Waals surface area contributed by atoms with Crippen LogP contribution in [0.25, 0.3) is 16.7 Å². The summed E-state index contributed by atoms with van der Waals surface area (Å²) in [7, 11) is -2.26. The molecule has 4 heterocycles. The topological polar surface area (TPSA) is 166 Å². The van der Waals surface area contributed by atoms with Crippen molar-refractivity contribution >= 4 is 55.8 Å². The Bertz CT molecular complexity index is 1970. The Morgan fingerprint density at radius 3 is 2.60 bits per heavy atom. The average molecular weight is 622 g/mol. The van der Waals surface area contributed by atoms with Crippen LogP contribution < -0.4 is 15.4 Å². The number of hydrogen-bond donors (Lipinski definition) is 2. The number of carbonyl (C=O) groups excluding carboxylic acids is 1. The number of amides is 1. The van der Waals surface area contributed by atoms with E-state index >= 15 is 0 Å². The fourth-order valence-corrected chi connectivity index (χ4v) is 6.49. The van der Waals surface area contributed by atoms with E-state index in [-0.39, 0.29) is 38.8 Å². The first kappa shape index (κ1) is 27.8. The summed E-state index contributed by atoms with van der Waals surface area (Å²) in [4.78, 5) is 34.5. The highest BCUT2D eigenvalue weighted by atomic mass is 32.2. The Hall–Kier alpha value is -4.31. The lowest BCUT2D eigenvalue weighted by atomic mass is 10.0. The number of aromatic nitrogens is 4. The third-order valence-electron chi connectivity index (χ3n) is 6.63. The molecule has 0 aliphatic carbocycles. The fraction of sp³-hybridized carbons (Fsp3) is 0.148. The predicted octanol–water partition coefficient (Wildman–Crippen LogP) is 3.30. The van der Waals surface area contributed by atoms with Crippen molar-refractivity contribution < 1.29 is 17.9 Å². The first-order valence-electron chi connectivity index (χ1n) is 12.5. The number of H-pyrrole nitrogens is 1. The molecule has 0 radical (unpaired) electrons. The molecule has 1 amide bonds. The average Bonchev–Trinajstić information content (AvgIpc) is 3.76. The van der Waals surface area contributed by atoms with Crippen LogP contribution in [-0.2, 0) is 14.8 Å². The highest BCUT2D eigenvalue weighted by molar-refractivity contribution is 7.99. The second-order valence-electron chi connectivity index (χ2n) is 9.25. The molecule has 6 rings (SSSR count). The molecule has 0 saturated heterocycles. The van der Waals surface area contributed by atoms with Crippen molar-refractivity contribution in [3.05, 3.63) is 93.0 Å². The number of hydrazone groups is 1. The molecule has 1 aliphatic rings. The molecule has 15 heteroatoms. The van der Waals surface area contributed by atoms with Crippen LogP contribution in [0.5, 0.6) is 5.75 Å². The number of thioether (sulfide) groups is 1. The molecular weight excluding hydrogens is 599 g/mol. The first-order valence-corrected chi connectivity index (χ1v) is 15.9. The third-order valence-corrected chi connectivity index (χ3v) is 9.34. The molecule has 0 saturated carbocycles. The van der Waals surface area contributed by atoms with Crippen LogP contribution in [0.4, 0.5) is 0 Å². The van der Waals surface area contributed by atoms with Crippen molar-refractivity contribution in [2.24, 2.45) is 10.2 Å².